The first-order valence-electron chi connectivity index (χ1n) is 7.87. The minimum atomic E-state index is 0.454. The van der Waals surface area contributed by atoms with Gasteiger partial charge in [-0.1, -0.05) is 28.9 Å². The largest absolute Gasteiger partial charge is 0.353 e. The summed E-state index contributed by atoms with van der Waals surface area (Å²) in [6.07, 6.45) is 5.17. The Morgan fingerprint density at radius 3 is 2.78 bits per heavy atom. The standard InChI is InChI=1S/C17H17ClN4O/c1-11-4-2-3-9-22(11)16-14-15(12-5-7-13(18)8-6-12)21-23-17(14)20-10-19-16/h5-8,10-11H,2-4,9H2,1H3. The second kappa shape index (κ2) is 5.81. The SMILES string of the molecule is CC1CCCCN1c1ncnc2onc(-c3ccc(Cl)cc3)c12. The Kier molecular flexibility index (Phi) is 3.65. The van der Waals surface area contributed by atoms with Crippen LogP contribution in [0.4, 0.5) is 5.82 Å². The van der Waals surface area contributed by atoms with Gasteiger partial charge in [-0.15, -0.1) is 0 Å². The lowest BCUT2D eigenvalue weighted by Gasteiger charge is -2.34. The highest BCUT2D eigenvalue weighted by Crippen LogP contribution is 2.35. The highest BCUT2D eigenvalue weighted by Gasteiger charge is 2.25. The molecule has 5 nitrogen and oxygen atoms in total. The van der Waals surface area contributed by atoms with Crippen LogP contribution in [0.25, 0.3) is 22.4 Å². The predicted molar refractivity (Wildman–Crippen MR) is 90.7 cm³/mol. The predicted octanol–water partition coefficient (Wildman–Crippen LogP) is 4.32. The van der Waals surface area contributed by atoms with Crippen molar-refractivity contribution < 1.29 is 4.52 Å². The van der Waals surface area contributed by atoms with E-state index >= 15 is 0 Å². The van der Waals surface area contributed by atoms with Crippen LogP contribution in [0.5, 0.6) is 0 Å². The van der Waals surface area contributed by atoms with Crippen LogP contribution in [-0.4, -0.2) is 27.7 Å². The summed E-state index contributed by atoms with van der Waals surface area (Å²) < 4.78 is 5.44. The topological polar surface area (TPSA) is 55.1 Å². The summed E-state index contributed by atoms with van der Waals surface area (Å²) in [5.41, 5.74) is 2.25. The number of piperidine rings is 1. The zero-order chi connectivity index (χ0) is 15.8. The van der Waals surface area contributed by atoms with Gasteiger partial charge in [0.15, 0.2) is 0 Å². The highest BCUT2D eigenvalue weighted by molar-refractivity contribution is 6.30. The van der Waals surface area contributed by atoms with Gasteiger partial charge in [-0.05, 0) is 38.3 Å². The molecule has 1 aliphatic heterocycles. The molecule has 0 N–H and O–H groups in total. The molecule has 1 saturated heterocycles. The smallest absolute Gasteiger partial charge is 0.263 e. The minimum Gasteiger partial charge on any atom is -0.353 e. The van der Waals surface area contributed by atoms with E-state index in [1.54, 1.807) is 6.33 Å². The van der Waals surface area contributed by atoms with Crippen molar-refractivity contribution in [2.24, 2.45) is 0 Å². The third-order valence-corrected chi connectivity index (χ3v) is 4.70. The summed E-state index contributed by atoms with van der Waals surface area (Å²) in [5.74, 6) is 0.911. The molecule has 2 aromatic heterocycles. The zero-order valence-corrected chi connectivity index (χ0v) is 13.6. The summed E-state index contributed by atoms with van der Waals surface area (Å²) in [6.45, 7) is 3.24. The van der Waals surface area contributed by atoms with Gasteiger partial charge in [-0.3, -0.25) is 0 Å². The Hall–Kier alpha value is -2.14. The fourth-order valence-corrected chi connectivity index (χ4v) is 3.33. The number of rotatable bonds is 2. The average molecular weight is 329 g/mol. The van der Waals surface area contributed by atoms with E-state index in [2.05, 4.69) is 26.9 Å². The van der Waals surface area contributed by atoms with Crippen molar-refractivity contribution in [3.8, 4) is 11.3 Å². The van der Waals surface area contributed by atoms with Crippen LogP contribution >= 0.6 is 11.6 Å². The van der Waals surface area contributed by atoms with E-state index in [-0.39, 0.29) is 0 Å². The van der Waals surface area contributed by atoms with E-state index < -0.39 is 0 Å². The van der Waals surface area contributed by atoms with Gasteiger partial charge in [-0.25, -0.2) is 4.98 Å². The van der Waals surface area contributed by atoms with Crippen molar-refractivity contribution >= 4 is 28.5 Å². The lowest BCUT2D eigenvalue weighted by molar-refractivity contribution is 0.451. The number of halogens is 1. The molecule has 1 fully saturated rings. The summed E-state index contributed by atoms with van der Waals surface area (Å²) >= 11 is 5.99. The first-order valence-corrected chi connectivity index (χ1v) is 8.25. The van der Waals surface area contributed by atoms with Crippen LogP contribution in [0.3, 0.4) is 0 Å². The van der Waals surface area contributed by atoms with Crippen molar-refractivity contribution in [3.63, 3.8) is 0 Å². The molecule has 0 saturated carbocycles. The number of aromatic nitrogens is 3. The van der Waals surface area contributed by atoms with Crippen LogP contribution in [-0.2, 0) is 0 Å². The van der Waals surface area contributed by atoms with Crippen molar-refractivity contribution in [3.05, 3.63) is 35.6 Å². The van der Waals surface area contributed by atoms with Crippen molar-refractivity contribution in [2.45, 2.75) is 32.2 Å². The van der Waals surface area contributed by atoms with Gasteiger partial charge in [0, 0.05) is 23.2 Å². The van der Waals surface area contributed by atoms with Gasteiger partial charge in [0.2, 0.25) is 0 Å². The van der Waals surface area contributed by atoms with Crippen molar-refractivity contribution in [1.29, 1.82) is 0 Å². The summed E-state index contributed by atoms with van der Waals surface area (Å²) in [5, 5.41) is 5.80. The van der Waals surface area contributed by atoms with E-state index in [0.717, 1.165) is 29.0 Å². The highest BCUT2D eigenvalue weighted by atomic mass is 35.5. The number of benzene rings is 1. The first kappa shape index (κ1) is 14.5. The maximum Gasteiger partial charge on any atom is 0.263 e. The molecule has 4 rings (SSSR count). The Morgan fingerprint density at radius 1 is 1.17 bits per heavy atom. The molecular formula is C17H17ClN4O. The summed E-state index contributed by atoms with van der Waals surface area (Å²) in [7, 11) is 0. The van der Waals surface area contributed by atoms with E-state index in [1.165, 1.54) is 19.3 Å². The Bertz CT molecular complexity index is 830. The van der Waals surface area contributed by atoms with Gasteiger partial charge in [0.1, 0.15) is 23.2 Å². The molecule has 3 heterocycles. The molecule has 118 valence electrons. The Morgan fingerprint density at radius 2 is 2.00 bits per heavy atom. The normalized spacial score (nSPS) is 18.5. The van der Waals surface area contributed by atoms with E-state index in [0.29, 0.717) is 16.8 Å². The molecule has 0 spiro atoms. The van der Waals surface area contributed by atoms with Crippen LogP contribution in [0, 0.1) is 0 Å². The number of fused-ring (bicyclic) bond motifs is 1. The van der Waals surface area contributed by atoms with Crippen molar-refractivity contribution in [1.82, 2.24) is 15.1 Å². The van der Waals surface area contributed by atoms with Crippen molar-refractivity contribution in [2.75, 3.05) is 11.4 Å². The average Bonchev–Trinajstić information content (AvgIpc) is 3.00. The Labute approximate surface area is 139 Å². The third-order valence-electron chi connectivity index (χ3n) is 4.45. The molecule has 0 bridgehead atoms. The third kappa shape index (κ3) is 2.55. The van der Waals surface area contributed by atoms with E-state index in [4.69, 9.17) is 16.1 Å². The maximum atomic E-state index is 5.99. The monoisotopic (exact) mass is 328 g/mol. The molecule has 0 aliphatic carbocycles. The minimum absolute atomic E-state index is 0.454. The fourth-order valence-electron chi connectivity index (χ4n) is 3.21. The molecule has 0 radical (unpaired) electrons. The molecule has 23 heavy (non-hydrogen) atoms. The van der Waals surface area contributed by atoms with Crippen LogP contribution in [0.15, 0.2) is 35.1 Å². The number of anilines is 1. The molecule has 6 heteroatoms. The second-order valence-corrected chi connectivity index (χ2v) is 6.39. The van der Waals surface area contributed by atoms with Gasteiger partial charge in [0.25, 0.3) is 5.71 Å². The van der Waals surface area contributed by atoms with Gasteiger partial charge < -0.3 is 9.42 Å². The van der Waals surface area contributed by atoms with E-state index in [9.17, 15) is 0 Å². The lowest BCUT2D eigenvalue weighted by Crippen LogP contribution is -2.38. The fraction of sp³-hybridized carbons (Fsp3) is 0.353. The Balaban J connectivity index is 1.88. The number of hydrogen-bond acceptors (Lipinski definition) is 5. The van der Waals surface area contributed by atoms with Gasteiger partial charge >= 0.3 is 0 Å². The molecule has 1 unspecified atom stereocenters. The molecule has 1 aromatic carbocycles. The summed E-state index contributed by atoms with van der Waals surface area (Å²) in [6, 6.07) is 8.04. The first-order chi connectivity index (χ1) is 11.2. The molecule has 1 atom stereocenters. The summed E-state index contributed by atoms with van der Waals surface area (Å²) in [4.78, 5) is 11.1. The van der Waals surface area contributed by atoms with E-state index in [1.807, 2.05) is 24.3 Å². The lowest BCUT2D eigenvalue weighted by atomic mass is 10.0. The molecular weight excluding hydrogens is 312 g/mol. The van der Waals surface area contributed by atoms with Gasteiger partial charge in [0.05, 0.1) is 0 Å². The molecule has 0 amide bonds. The number of hydrogen-bond donors (Lipinski definition) is 0. The maximum absolute atomic E-state index is 5.99. The second-order valence-electron chi connectivity index (χ2n) is 5.95. The number of nitrogens with zero attached hydrogens (tertiary/aromatic N) is 4. The van der Waals surface area contributed by atoms with Crippen LogP contribution in [0.1, 0.15) is 26.2 Å². The molecule has 1 aliphatic rings. The zero-order valence-electron chi connectivity index (χ0n) is 12.9. The quantitative estimate of drug-likeness (QED) is 0.701. The van der Waals surface area contributed by atoms with Crippen LogP contribution < -0.4 is 4.90 Å². The van der Waals surface area contributed by atoms with Gasteiger partial charge in [-0.2, -0.15) is 4.98 Å². The molecule has 3 aromatic rings. The van der Waals surface area contributed by atoms with Crippen LogP contribution in [0.2, 0.25) is 5.02 Å².